The number of pyridine rings is 1. The van der Waals surface area contributed by atoms with Crippen molar-refractivity contribution in [3.05, 3.63) is 28.5 Å². The normalized spacial score (nSPS) is 10.2. The van der Waals surface area contributed by atoms with Gasteiger partial charge in [0, 0.05) is 24.2 Å². The van der Waals surface area contributed by atoms with Gasteiger partial charge in [0.25, 0.3) is 5.91 Å². The summed E-state index contributed by atoms with van der Waals surface area (Å²) in [4.78, 5) is 27.0. The summed E-state index contributed by atoms with van der Waals surface area (Å²) in [5, 5.41) is 3.17. The van der Waals surface area contributed by atoms with Crippen LogP contribution in [0.4, 0.5) is 0 Å². The number of carbonyl (C=O) groups is 2. The molecule has 6 heteroatoms. The zero-order valence-corrected chi connectivity index (χ0v) is 13.2. The molecule has 1 amide bonds. The topological polar surface area (TPSA) is 68.3 Å². The molecule has 0 aliphatic heterocycles. The zero-order chi connectivity index (χ0) is 15.7. The highest BCUT2D eigenvalue weighted by Gasteiger charge is 2.08. The van der Waals surface area contributed by atoms with Crippen LogP contribution in [0.3, 0.4) is 0 Å². The van der Waals surface area contributed by atoms with E-state index in [1.807, 2.05) is 6.92 Å². The summed E-state index contributed by atoms with van der Waals surface area (Å²) in [6.07, 6.45) is 3.61. The Morgan fingerprint density at radius 1 is 1.29 bits per heavy atom. The number of amides is 1. The Bertz CT molecular complexity index is 492. The van der Waals surface area contributed by atoms with Crippen molar-refractivity contribution in [3.63, 3.8) is 0 Å². The standard InChI is InChI=1S/C15H21ClN2O3/c1-3-12-9-11(10-13(16)18-12)15(20)17-8-6-4-5-7-14(19)21-2/h9-10H,3-8H2,1-2H3,(H,17,20). The molecular formula is C15H21ClN2O3. The van der Waals surface area contributed by atoms with Crippen molar-refractivity contribution in [1.82, 2.24) is 10.3 Å². The predicted molar refractivity (Wildman–Crippen MR) is 81.4 cm³/mol. The molecule has 0 radical (unpaired) electrons. The summed E-state index contributed by atoms with van der Waals surface area (Å²) in [6.45, 7) is 2.53. The zero-order valence-electron chi connectivity index (χ0n) is 12.4. The molecule has 1 rings (SSSR count). The molecule has 21 heavy (non-hydrogen) atoms. The molecule has 1 heterocycles. The van der Waals surface area contributed by atoms with Crippen LogP contribution in [0.5, 0.6) is 0 Å². The fourth-order valence-electron chi connectivity index (χ4n) is 1.84. The van der Waals surface area contributed by atoms with E-state index in [1.165, 1.54) is 7.11 Å². The second-order valence-electron chi connectivity index (χ2n) is 4.67. The highest BCUT2D eigenvalue weighted by Crippen LogP contribution is 2.11. The Hall–Kier alpha value is -1.62. The SMILES string of the molecule is CCc1cc(C(=O)NCCCCCC(=O)OC)cc(Cl)n1. The first-order chi connectivity index (χ1) is 10.1. The van der Waals surface area contributed by atoms with E-state index < -0.39 is 0 Å². The van der Waals surface area contributed by atoms with Crippen molar-refractivity contribution in [1.29, 1.82) is 0 Å². The average molecular weight is 313 g/mol. The van der Waals surface area contributed by atoms with Gasteiger partial charge in [0.1, 0.15) is 5.15 Å². The molecule has 1 N–H and O–H groups in total. The molecule has 1 aromatic rings. The molecule has 0 saturated carbocycles. The number of halogens is 1. The first-order valence-corrected chi connectivity index (χ1v) is 7.46. The Morgan fingerprint density at radius 3 is 2.71 bits per heavy atom. The van der Waals surface area contributed by atoms with Crippen LogP contribution in [0.2, 0.25) is 5.15 Å². The van der Waals surface area contributed by atoms with Gasteiger partial charge in [0.15, 0.2) is 0 Å². The van der Waals surface area contributed by atoms with E-state index in [9.17, 15) is 9.59 Å². The van der Waals surface area contributed by atoms with Crippen molar-refractivity contribution in [3.8, 4) is 0 Å². The lowest BCUT2D eigenvalue weighted by Gasteiger charge is -2.07. The Kier molecular flexibility index (Phi) is 7.75. The molecule has 0 unspecified atom stereocenters. The Morgan fingerprint density at radius 2 is 2.05 bits per heavy atom. The van der Waals surface area contributed by atoms with Gasteiger partial charge in [0.05, 0.1) is 7.11 Å². The van der Waals surface area contributed by atoms with Crippen LogP contribution in [-0.4, -0.2) is 30.5 Å². The number of aromatic nitrogens is 1. The number of rotatable bonds is 8. The van der Waals surface area contributed by atoms with Crippen molar-refractivity contribution >= 4 is 23.5 Å². The van der Waals surface area contributed by atoms with E-state index >= 15 is 0 Å². The van der Waals surface area contributed by atoms with Crippen LogP contribution in [-0.2, 0) is 16.0 Å². The third-order valence-electron chi connectivity index (χ3n) is 3.04. The van der Waals surface area contributed by atoms with Gasteiger partial charge in [-0.1, -0.05) is 24.9 Å². The van der Waals surface area contributed by atoms with E-state index in [1.54, 1.807) is 12.1 Å². The third kappa shape index (κ3) is 6.58. The number of carbonyl (C=O) groups excluding carboxylic acids is 2. The summed E-state index contributed by atoms with van der Waals surface area (Å²) in [5.74, 6) is -0.348. The first kappa shape index (κ1) is 17.4. The van der Waals surface area contributed by atoms with Crippen molar-refractivity contribution in [2.45, 2.75) is 39.0 Å². The molecule has 1 aromatic heterocycles. The first-order valence-electron chi connectivity index (χ1n) is 7.08. The molecular weight excluding hydrogens is 292 g/mol. The number of unbranched alkanes of at least 4 members (excludes halogenated alkanes) is 2. The van der Waals surface area contributed by atoms with Crippen LogP contribution in [0.15, 0.2) is 12.1 Å². The smallest absolute Gasteiger partial charge is 0.305 e. The van der Waals surface area contributed by atoms with E-state index in [-0.39, 0.29) is 11.9 Å². The molecule has 0 fully saturated rings. The predicted octanol–water partition coefficient (Wildman–Crippen LogP) is 2.76. The van der Waals surface area contributed by atoms with Crippen LogP contribution in [0, 0.1) is 0 Å². The van der Waals surface area contributed by atoms with Gasteiger partial charge in [-0.3, -0.25) is 9.59 Å². The molecule has 0 saturated heterocycles. The summed E-state index contributed by atoms with van der Waals surface area (Å²) in [7, 11) is 1.38. The molecule has 0 spiro atoms. The van der Waals surface area contributed by atoms with Gasteiger partial charge >= 0.3 is 5.97 Å². The summed E-state index contributed by atoms with van der Waals surface area (Å²) >= 11 is 5.88. The second-order valence-corrected chi connectivity index (χ2v) is 5.05. The number of hydrogen-bond acceptors (Lipinski definition) is 4. The lowest BCUT2D eigenvalue weighted by atomic mass is 10.1. The number of nitrogens with zero attached hydrogens (tertiary/aromatic N) is 1. The van der Waals surface area contributed by atoms with Crippen LogP contribution >= 0.6 is 11.6 Å². The van der Waals surface area contributed by atoms with E-state index in [4.69, 9.17) is 11.6 Å². The number of esters is 1. The molecule has 0 atom stereocenters. The number of hydrogen-bond donors (Lipinski definition) is 1. The lowest BCUT2D eigenvalue weighted by Crippen LogP contribution is -2.24. The van der Waals surface area contributed by atoms with Gasteiger partial charge in [0.2, 0.25) is 0 Å². The monoisotopic (exact) mass is 312 g/mol. The quantitative estimate of drug-likeness (QED) is 0.455. The molecule has 0 aliphatic carbocycles. The fraction of sp³-hybridized carbons (Fsp3) is 0.533. The van der Waals surface area contributed by atoms with Crippen molar-refractivity contribution < 1.29 is 14.3 Å². The van der Waals surface area contributed by atoms with Gasteiger partial charge in [-0.05, 0) is 31.4 Å². The summed E-state index contributed by atoms with van der Waals surface area (Å²) in [5.41, 5.74) is 1.33. The molecule has 0 aliphatic rings. The minimum absolute atomic E-state index is 0.151. The van der Waals surface area contributed by atoms with Gasteiger partial charge in [-0.15, -0.1) is 0 Å². The minimum atomic E-state index is -0.197. The largest absolute Gasteiger partial charge is 0.469 e. The molecule has 5 nitrogen and oxygen atoms in total. The van der Waals surface area contributed by atoms with Crippen LogP contribution < -0.4 is 5.32 Å². The maximum Gasteiger partial charge on any atom is 0.305 e. The number of aryl methyl sites for hydroxylation is 1. The van der Waals surface area contributed by atoms with Crippen LogP contribution in [0.1, 0.15) is 48.7 Å². The third-order valence-corrected chi connectivity index (χ3v) is 3.24. The molecule has 116 valence electrons. The maximum absolute atomic E-state index is 12.0. The highest BCUT2D eigenvalue weighted by atomic mass is 35.5. The van der Waals surface area contributed by atoms with E-state index in [0.717, 1.165) is 31.4 Å². The molecule has 0 aromatic carbocycles. The summed E-state index contributed by atoms with van der Waals surface area (Å²) < 4.78 is 4.56. The van der Waals surface area contributed by atoms with Crippen LogP contribution in [0.25, 0.3) is 0 Å². The second kappa shape index (κ2) is 9.34. The summed E-state index contributed by atoms with van der Waals surface area (Å²) in [6, 6.07) is 3.31. The fourth-order valence-corrected chi connectivity index (χ4v) is 2.07. The van der Waals surface area contributed by atoms with E-state index in [2.05, 4.69) is 15.0 Å². The number of methoxy groups -OCH3 is 1. The van der Waals surface area contributed by atoms with Gasteiger partial charge < -0.3 is 10.1 Å². The lowest BCUT2D eigenvalue weighted by molar-refractivity contribution is -0.140. The Balaban J connectivity index is 2.31. The number of ether oxygens (including phenoxy) is 1. The van der Waals surface area contributed by atoms with Gasteiger partial charge in [-0.2, -0.15) is 0 Å². The van der Waals surface area contributed by atoms with Crippen molar-refractivity contribution in [2.24, 2.45) is 0 Å². The van der Waals surface area contributed by atoms with E-state index in [0.29, 0.717) is 23.7 Å². The minimum Gasteiger partial charge on any atom is -0.469 e. The van der Waals surface area contributed by atoms with Crippen molar-refractivity contribution in [2.75, 3.05) is 13.7 Å². The average Bonchev–Trinajstić information content (AvgIpc) is 2.49. The molecule has 0 bridgehead atoms. The Labute approximate surface area is 130 Å². The maximum atomic E-state index is 12.0. The highest BCUT2D eigenvalue weighted by molar-refractivity contribution is 6.29. The van der Waals surface area contributed by atoms with Gasteiger partial charge in [-0.25, -0.2) is 4.98 Å². The number of nitrogens with one attached hydrogen (secondary N) is 1.